The molecule has 4 heteroatoms. The standard InChI is InChI=1S/C11H11N2O2/c1-2-8-15-11(14)13-10(12)9-6-4-3-5-7-9/h2,4-8H,1H3,(H2,12,13,14). The molecule has 0 saturated carbocycles. The Balaban J connectivity index is 2.53. The first-order chi connectivity index (χ1) is 7.24. The zero-order valence-corrected chi connectivity index (χ0v) is 8.28. The Morgan fingerprint density at radius 1 is 1.53 bits per heavy atom. The molecule has 1 aromatic rings. The highest BCUT2D eigenvalue weighted by molar-refractivity contribution is 6.04. The van der Waals surface area contributed by atoms with Gasteiger partial charge >= 0.3 is 6.09 Å². The molecular weight excluding hydrogens is 192 g/mol. The van der Waals surface area contributed by atoms with Crippen LogP contribution in [0.5, 0.6) is 0 Å². The molecule has 2 N–H and O–H groups in total. The minimum absolute atomic E-state index is 0.00139. The van der Waals surface area contributed by atoms with Gasteiger partial charge in [0.2, 0.25) is 0 Å². The molecule has 15 heavy (non-hydrogen) atoms. The Hall–Kier alpha value is -2.10. The van der Waals surface area contributed by atoms with Crippen molar-refractivity contribution in [3.8, 4) is 0 Å². The van der Waals surface area contributed by atoms with Crippen molar-refractivity contribution in [2.45, 2.75) is 6.92 Å². The number of amides is 1. The van der Waals surface area contributed by atoms with Gasteiger partial charge in [0.25, 0.3) is 0 Å². The summed E-state index contributed by atoms with van der Waals surface area (Å²) in [7, 11) is 0. The summed E-state index contributed by atoms with van der Waals surface area (Å²) in [6.45, 7) is 1.73. The van der Waals surface area contributed by atoms with E-state index in [1.165, 1.54) is 6.26 Å². The van der Waals surface area contributed by atoms with Gasteiger partial charge in [0, 0.05) is 5.56 Å². The van der Waals surface area contributed by atoms with Crippen LogP contribution < -0.4 is 5.32 Å². The number of ether oxygens (including phenoxy) is 1. The van der Waals surface area contributed by atoms with Crippen molar-refractivity contribution in [1.29, 1.82) is 5.41 Å². The van der Waals surface area contributed by atoms with Gasteiger partial charge in [0.05, 0.1) is 6.26 Å². The van der Waals surface area contributed by atoms with Crippen LogP contribution >= 0.6 is 0 Å². The van der Waals surface area contributed by atoms with Crippen LogP contribution in [0.25, 0.3) is 0 Å². The summed E-state index contributed by atoms with van der Waals surface area (Å²) in [5, 5.41) is 9.83. The van der Waals surface area contributed by atoms with Gasteiger partial charge in [0.15, 0.2) is 0 Å². The third-order valence-corrected chi connectivity index (χ3v) is 1.55. The van der Waals surface area contributed by atoms with Gasteiger partial charge in [-0.05, 0) is 13.0 Å². The van der Waals surface area contributed by atoms with Crippen LogP contribution in [0.4, 0.5) is 4.79 Å². The number of allylic oxidation sites excluding steroid dienone is 1. The van der Waals surface area contributed by atoms with Gasteiger partial charge < -0.3 is 4.74 Å². The Bertz CT molecular complexity index is 371. The van der Waals surface area contributed by atoms with Gasteiger partial charge in [-0.3, -0.25) is 10.7 Å². The monoisotopic (exact) mass is 203 g/mol. The van der Waals surface area contributed by atoms with E-state index in [4.69, 9.17) is 5.41 Å². The molecule has 0 unspecified atom stereocenters. The van der Waals surface area contributed by atoms with E-state index in [0.717, 1.165) is 0 Å². The molecule has 0 aromatic heterocycles. The quantitative estimate of drug-likeness (QED) is 0.439. The van der Waals surface area contributed by atoms with Crippen molar-refractivity contribution < 1.29 is 9.53 Å². The molecule has 1 rings (SSSR count). The molecule has 0 aliphatic carbocycles. The maximum atomic E-state index is 11.1. The second-order valence-electron chi connectivity index (χ2n) is 2.66. The third-order valence-electron chi connectivity index (χ3n) is 1.55. The predicted octanol–water partition coefficient (Wildman–Crippen LogP) is 2.07. The van der Waals surface area contributed by atoms with Crippen LogP contribution in [0.1, 0.15) is 12.5 Å². The lowest BCUT2D eigenvalue weighted by Crippen LogP contribution is -2.29. The van der Waals surface area contributed by atoms with E-state index >= 15 is 0 Å². The Kier molecular flexibility index (Phi) is 4.09. The van der Waals surface area contributed by atoms with Gasteiger partial charge in [-0.15, -0.1) is 0 Å². The number of nitrogens with one attached hydrogen (secondary N) is 2. The fourth-order valence-electron chi connectivity index (χ4n) is 0.887. The van der Waals surface area contributed by atoms with E-state index in [-0.39, 0.29) is 5.84 Å². The lowest BCUT2D eigenvalue weighted by Gasteiger charge is -2.04. The van der Waals surface area contributed by atoms with Crippen molar-refractivity contribution in [3.63, 3.8) is 0 Å². The largest absolute Gasteiger partial charge is 0.418 e. The summed E-state index contributed by atoms with van der Waals surface area (Å²) in [5.74, 6) is -0.00139. The first-order valence-electron chi connectivity index (χ1n) is 4.38. The normalized spacial score (nSPS) is 9.93. The molecule has 0 fully saturated rings. The summed E-state index contributed by atoms with van der Waals surface area (Å²) < 4.78 is 4.60. The number of rotatable bonds is 2. The number of carbonyl (C=O) groups excluding carboxylic acids is 1. The molecule has 1 aromatic carbocycles. The molecule has 4 nitrogen and oxygen atoms in total. The first kappa shape index (κ1) is 11.0. The number of alkyl carbamates (subject to hydrolysis) is 1. The lowest BCUT2D eigenvalue weighted by molar-refractivity contribution is 0.191. The minimum Gasteiger partial charge on any atom is -0.418 e. The maximum Gasteiger partial charge on any atom is 0.417 e. The molecule has 0 heterocycles. The molecule has 0 saturated heterocycles. The second-order valence-corrected chi connectivity index (χ2v) is 2.66. The molecule has 1 amide bonds. The number of carbonyl (C=O) groups is 1. The third kappa shape index (κ3) is 3.64. The van der Waals surface area contributed by atoms with Crippen molar-refractivity contribution in [2.75, 3.05) is 0 Å². The summed E-state index contributed by atoms with van der Waals surface area (Å²) in [6.07, 6.45) is 2.16. The highest BCUT2D eigenvalue weighted by Crippen LogP contribution is 1.97. The fourth-order valence-corrected chi connectivity index (χ4v) is 0.887. The first-order valence-corrected chi connectivity index (χ1v) is 4.38. The van der Waals surface area contributed by atoms with Crippen molar-refractivity contribution in [1.82, 2.24) is 5.32 Å². The summed E-state index contributed by atoms with van der Waals surface area (Å²) in [4.78, 5) is 11.1. The van der Waals surface area contributed by atoms with E-state index in [1.807, 2.05) is 0 Å². The molecule has 77 valence electrons. The smallest absolute Gasteiger partial charge is 0.417 e. The highest BCUT2D eigenvalue weighted by Gasteiger charge is 2.05. The summed E-state index contributed by atoms with van der Waals surface area (Å²) in [5.41, 5.74) is 0.603. The van der Waals surface area contributed by atoms with Gasteiger partial charge in [-0.1, -0.05) is 30.3 Å². The minimum atomic E-state index is -0.675. The number of amidine groups is 1. The lowest BCUT2D eigenvalue weighted by atomic mass is 10.2. The Morgan fingerprint density at radius 3 is 2.80 bits per heavy atom. The number of hydrogen-bond donors (Lipinski definition) is 2. The number of hydrogen-bond acceptors (Lipinski definition) is 3. The van der Waals surface area contributed by atoms with Gasteiger partial charge in [-0.25, -0.2) is 4.79 Å². The van der Waals surface area contributed by atoms with Crippen molar-refractivity contribution in [2.24, 2.45) is 0 Å². The molecular formula is C11H11N2O2. The van der Waals surface area contributed by atoms with Crippen molar-refractivity contribution in [3.05, 3.63) is 48.2 Å². The summed E-state index contributed by atoms with van der Waals surface area (Å²) in [6, 6.07) is 9.52. The average molecular weight is 203 g/mol. The van der Waals surface area contributed by atoms with Crippen LogP contribution in [0.2, 0.25) is 0 Å². The average Bonchev–Trinajstić information content (AvgIpc) is 2.27. The molecule has 0 spiro atoms. The van der Waals surface area contributed by atoms with Gasteiger partial charge in [0.1, 0.15) is 5.84 Å². The molecule has 0 atom stereocenters. The van der Waals surface area contributed by atoms with Crippen LogP contribution in [-0.2, 0) is 4.74 Å². The van der Waals surface area contributed by atoms with E-state index in [2.05, 4.69) is 16.1 Å². The van der Waals surface area contributed by atoms with Crippen LogP contribution in [0.15, 0.2) is 36.6 Å². The summed E-state index contributed by atoms with van der Waals surface area (Å²) >= 11 is 0. The van der Waals surface area contributed by atoms with Crippen LogP contribution in [0, 0.1) is 11.5 Å². The maximum absolute atomic E-state index is 11.1. The Labute approximate surface area is 88.1 Å². The van der Waals surface area contributed by atoms with Gasteiger partial charge in [-0.2, -0.15) is 0 Å². The topological polar surface area (TPSA) is 62.2 Å². The van der Waals surface area contributed by atoms with E-state index < -0.39 is 6.09 Å². The second kappa shape index (κ2) is 5.59. The van der Waals surface area contributed by atoms with Crippen molar-refractivity contribution >= 4 is 11.9 Å². The SMILES string of the molecule is CC=COC(=O)NC(=N)c1cc[c]cc1. The highest BCUT2D eigenvalue weighted by atomic mass is 16.5. The number of benzene rings is 1. The Morgan fingerprint density at radius 2 is 2.20 bits per heavy atom. The molecule has 1 radical (unpaired) electrons. The zero-order valence-electron chi connectivity index (χ0n) is 8.28. The predicted molar refractivity (Wildman–Crippen MR) is 56.5 cm³/mol. The van der Waals surface area contributed by atoms with Crippen LogP contribution in [-0.4, -0.2) is 11.9 Å². The van der Waals surface area contributed by atoms with E-state index in [9.17, 15) is 4.79 Å². The molecule has 0 aliphatic heterocycles. The van der Waals surface area contributed by atoms with E-state index in [0.29, 0.717) is 5.56 Å². The fraction of sp³-hybridized carbons (Fsp3) is 0.0909. The van der Waals surface area contributed by atoms with Crippen LogP contribution in [0.3, 0.4) is 0 Å². The molecule has 0 bridgehead atoms. The molecule has 0 aliphatic rings. The zero-order chi connectivity index (χ0) is 11.1. The van der Waals surface area contributed by atoms with E-state index in [1.54, 1.807) is 37.3 Å².